The molecular weight excluding hydrogens is 236 g/mol. The van der Waals surface area contributed by atoms with Crippen molar-refractivity contribution in [1.29, 1.82) is 0 Å². The second-order valence-corrected chi connectivity index (χ2v) is 5.77. The van der Waals surface area contributed by atoms with Gasteiger partial charge in [-0.25, -0.2) is 0 Å². The lowest BCUT2D eigenvalue weighted by Crippen LogP contribution is -2.36. The van der Waals surface area contributed by atoms with Crippen molar-refractivity contribution in [1.82, 2.24) is 4.90 Å². The molecule has 0 spiro atoms. The second-order valence-electron chi connectivity index (χ2n) is 5.77. The summed E-state index contributed by atoms with van der Waals surface area (Å²) in [6.07, 6.45) is 3.25. The van der Waals surface area contributed by atoms with Crippen LogP contribution in [0.5, 0.6) is 0 Å². The lowest BCUT2D eigenvalue weighted by molar-refractivity contribution is 0.129. The Hall–Kier alpha value is -0.900. The monoisotopic (exact) mass is 262 g/mol. The number of aliphatic hydroxyl groups excluding tert-OH is 1. The largest absolute Gasteiger partial charge is 0.396 e. The third-order valence-corrected chi connectivity index (χ3v) is 4.23. The molecule has 1 atom stereocenters. The van der Waals surface area contributed by atoms with Crippen molar-refractivity contribution in [3.8, 4) is 0 Å². The average molecular weight is 262 g/mol. The zero-order valence-corrected chi connectivity index (χ0v) is 11.9. The van der Waals surface area contributed by atoms with E-state index in [9.17, 15) is 0 Å². The van der Waals surface area contributed by atoms with Gasteiger partial charge in [-0.1, -0.05) is 29.8 Å². The van der Waals surface area contributed by atoms with E-state index in [1.807, 2.05) is 0 Å². The predicted molar refractivity (Wildman–Crippen MR) is 79.0 cm³/mol. The number of rotatable bonds is 5. The van der Waals surface area contributed by atoms with Crippen molar-refractivity contribution >= 4 is 0 Å². The van der Waals surface area contributed by atoms with E-state index in [1.54, 1.807) is 0 Å². The molecule has 1 aliphatic heterocycles. The van der Waals surface area contributed by atoms with Crippen molar-refractivity contribution in [2.75, 3.05) is 26.2 Å². The number of aryl methyl sites for hydroxylation is 1. The molecule has 2 rings (SSSR count). The number of piperidine rings is 1. The third kappa shape index (κ3) is 4.30. The van der Waals surface area contributed by atoms with Crippen LogP contribution in [0.2, 0.25) is 0 Å². The van der Waals surface area contributed by atoms with Gasteiger partial charge >= 0.3 is 0 Å². The van der Waals surface area contributed by atoms with Crippen molar-refractivity contribution < 1.29 is 5.11 Å². The van der Waals surface area contributed by atoms with Gasteiger partial charge in [-0.05, 0) is 57.3 Å². The van der Waals surface area contributed by atoms with Crippen LogP contribution in [0.1, 0.15) is 36.4 Å². The highest BCUT2D eigenvalue weighted by Gasteiger charge is 2.18. The molecule has 1 unspecified atom stereocenters. The van der Waals surface area contributed by atoms with E-state index in [-0.39, 0.29) is 6.04 Å². The molecule has 1 fully saturated rings. The minimum atomic E-state index is 0.135. The highest BCUT2D eigenvalue weighted by molar-refractivity contribution is 5.23. The summed E-state index contributed by atoms with van der Waals surface area (Å²) in [5, 5.41) is 9.13. The van der Waals surface area contributed by atoms with Crippen LogP contribution in [0, 0.1) is 12.8 Å². The maximum Gasteiger partial charge on any atom is 0.0460 e. The smallest absolute Gasteiger partial charge is 0.0460 e. The molecule has 0 aliphatic carbocycles. The molecule has 1 aliphatic rings. The topological polar surface area (TPSA) is 49.5 Å². The number of likely N-dealkylation sites (tertiary alicyclic amines) is 1. The van der Waals surface area contributed by atoms with Crippen molar-refractivity contribution in [2.24, 2.45) is 11.7 Å². The molecule has 1 aromatic rings. The number of nitrogens with zero attached hydrogens (tertiary/aromatic N) is 1. The normalized spacial score (nSPS) is 19.5. The Morgan fingerprint density at radius 3 is 2.47 bits per heavy atom. The first-order valence-corrected chi connectivity index (χ1v) is 7.34. The van der Waals surface area contributed by atoms with Gasteiger partial charge in [0.05, 0.1) is 0 Å². The number of hydrogen-bond acceptors (Lipinski definition) is 3. The summed E-state index contributed by atoms with van der Waals surface area (Å²) in [5.74, 6) is 0.516. The molecule has 3 heteroatoms. The van der Waals surface area contributed by atoms with E-state index in [2.05, 4.69) is 36.1 Å². The Bertz CT molecular complexity index is 369. The first kappa shape index (κ1) is 14.5. The summed E-state index contributed by atoms with van der Waals surface area (Å²) in [6, 6.07) is 8.66. The van der Waals surface area contributed by atoms with Crippen molar-refractivity contribution in [3.63, 3.8) is 0 Å². The first-order valence-electron chi connectivity index (χ1n) is 7.34. The van der Waals surface area contributed by atoms with Crippen LogP contribution in [-0.4, -0.2) is 36.2 Å². The van der Waals surface area contributed by atoms with Gasteiger partial charge < -0.3 is 15.7 Å². The van der Waals surface area contributed by atoms with Gasteiger partial charge in [0.25, 0.3) is 0 Å². The zero-order valence-electron chi connectivity index (χ0n) is 11.9. The van der Waals surface area contributed by atoms with Crippen LogP contribution >= 0.6 is 0 Å². The molecule has 0 bridgehead atoms. The number of aliphatic hydroxyl groups is 1. The van der Waals surface area contributed by atoms with Crippen LogP contribution in [0.3, 0.4) is 0 Å². The van der Waals surface area contributed by atoms with Gasteiger partial charge in [0, 0.05) is 12.6 Å². The fraction of sp³-hybridized carbons (Fsp3) is 0.625. The van der Waals surface area contributed by atoms with Crippen LogP contribution < -0.4 is 5.73 Å². The quantitative estimate of drug-likeness (QED) is 0.854. The molecule has 3 N–H and O–H groups in total. The summed E-state index contributed by atoms with van der Waals surface area (Å²) >= 11 is 0. The highest BCUT2D eigenvalue weighted by Crippen LogP contribution is 2.19. The highest BCUT2D eigenvalue weighted by atomic mass is 16.3. The number of nitrogens with two attached hydrogens (primary N) is 1. The lowest BCUT2D eigenvalue weighted by Gasteiger charge is -2.31. The van der Waals surface area contributed by atoms with E-state index in [0.717, 1.165) is 38.9 Å². The molecule has 0 aromatic heterocycles. The van der Waals surface area contributed by atoms with Crippen LogP contribution in [-0.2, 0) is 0 Å². The fourth-order valence-corrected chi connectivity index (χ4v) is 2.69. The Morgan fingerprint density at radius 2 is 1.89 bits per heavy atom. The van der Waals surface area contributed by atoms with Gasteiger partial charge in [0.1, 0.15) is 0 Å². The molecular formula is C16H26N2O. The molecule has 1 aromatic carbocycles. The molecule has 1 heterocycles. The SMILES string of the molecule is Cc1ccc(C(N)CCN2CCC(CO)CC2)cc1. The first-order chi connectivity index (χ1) is 9.19. The summed E-state index contributed by atoms with van der Waals surface area (Å²) < 4.78 is 0. The lowest BCUT2D eigenvalue weighted by atomic mass is 9.97. The summed E-state index contributed by atoms with van der Waals surface area (Å²) in [6.45, 7) is 5.71. The van der Waals surface area contributed by atoms with Gasteiger partial charge in [-0.15, -0.1) is 0 Å². The van der Waals surface area contributed by atoms with Crippen LogP contribution in [0.15, 0.2) is 24.3 Å². The molecule has 0 amide bonds. The second kappa shape index (κ2) is 7.04. The van der Waals surface area contributed by atoms with E-state index in [1.165, 1.54) is 11.1 Å². The van der Waals surface area contributed by atoms with Gasteiger partial charge in [0.2, 0.25) is 0 Å². The third-order valence-electron chi connectivity index (χ3n) is 4.23. The van der Waals surface area contributed by atoms with Gasteiger partial charge in [0.15, 0.2) is 0 Å². The van der Waals surface area contributed by atoms with Gasteiger partial charge in [-0.3, -0.25) is 0 Å². The zero-order chi connectivity index (χ0) is 13.7. The molecule has 106 valence electrons. The Morgan fingerprint density at radius 1 is 1.26 bits per heavy atom. The van der Waals surface area contributed by atoms with Crippen molar-refractivity contribution in [3.05, 3.63) is 35.4 Å². The molecule has 3 nitrogen and oxygen atoms in total. The minimum absolute atomic E-state index is 0.135. The summed E-state index contributed by atoms with van der Waals surface area (Å²) in [4.78, 5) is 2.47. The molecule has 0 radical (unpaired) electrons. The van der Waals surface area contributed by atoms with E-state index >= 15 is 0 Å². The van der Waals surface area contributed by atoms with Crippen LogP contribution in [0.4, 0.5) is 0 Å². The molecule has 19 heavy (non-hydrogen) atoms. The van der Waals surface area contributed by atoms with E-state index < -0.39 is 0 Å². The minimum Gasteiger partial charge on any atom is -0.396 e. The summed E-state index contributed by atoms with van der Waals surface area (Å²) in [7, 11) is 0. The Labute approximate surface area is 116 Å². The van der Waals surface area contributed by atoms with Crippen LogP contribution in [0.25, 0.3) is 0 Å². The van der Waals surface area contributed by atoms with E-state index in [4.69, 9.17) is 10.8 Å². The molecule has 0 saturated carbocycles. The predicted octanol–water partition coefficient (Wildman–Crippen LogP) is 2.09. The average Bonchev–Trinajstić information content (AvgIpc) is 2.46. The maximum atomic E-state index is 9.13. The summed E-state index contributed by atoms with van der Waals surface area (Å²) in [5.41, 5.74) is 8.76. The Balaban J connectivity index is 1.75. The fourth-order valence-electron chi connectivity index (χ4n) is 2.69. The Kier molecular flexibility index (Phi) is 5.37. The van der Waals surface area contributed by atoms with E-state index in [0.29, 0.717) is 12.5 Å². The van der Waals surface area contributed by atoms with Gasteiger partial charge in [-0.2, -0.15) is 0 Å². The van der Waals surface area contributed by atoms with Crippen molar-refractivity contribution in [2.45, 2.75) is 32.2 Å². The number of hydrogen-bond donors (Lipinski definition) is 2. The molecule has 1 saturated heterocycles. The number of benzene rings is 1. The standard InChI is InChI=1S/C16H26N2O/c1-13-2-4-15(5-3-13)16(17)8-11-18-9-6-14(12-19)7-10-18/h2-5,14,16,19H,6-12,17H2,1H3. The maximum absolute atomic E-state index is 9.13.